The van der Waals surface area contributed by atoms with Crippen LogP contribution in [0.4, 0.5) is 4.39 Å². The molecule has 1 N–H and O–H groups in total. The zero-order valence-corrected chi connectivity index (χ0v) is 21.1. The van der Waals surface area contributed by atoms with Gasteiger partial charge in [0.1, 0.15) is 22.7 Å². The molecule has 11 heteroatoms. The number of aryl methyl sites for hydroxylation is 2. The normalized spacial score (nSPS) is 15.1. The van der Waals surface area contributed by atoms with Gasteiger partial charge >= 0.3 is 0 Å². The molecule has 180 valence electrons. The summed E-state index contributed by atoms with van der Waals surface area (Å²) in [7, 11) is 2.99. The third-order valence-electron chi connectivity index (χ3n) is 5.80. The first-order chi connectivity index (χ1) is 16.2. The number of benzene rings is 1. The van der Waals surface area contributed by atoms with Gasteiger partial charge in [-0.1, -0.05) is 11.6 Å². The van der Waals surface area contributed by atoms with Crippen molar-refractivity contribution in [3.05, 3.63) is 62.3 Å². The second-order valence-electron chi connectivity index (χ2n) is 7.93. The summed E-state index contributed by atoms with van der Waals surface area (Å²) in [6, 6.07) is 3.82. The van der Waals surface area contributed by atoms with E-state index < -0.39 is 18.1 Å². The maximum absolute atomic E-state index is 15.1. The molecule has 0 fully saturated rings. The number of ether oxygens (including phenoxy) is 2. The van der Waals surface area contributed by atoms with Gasteiger partial charge in [-0.3, -0.25) is 14.4 Å². The van der Waals surface area contributed by atoms with Crippen LogP contribution in [0.5, 0.6) is 0 Å². The number of fused-ring (bicyclic) bond motifs is 3. The molecule has 4 rings (SSSR count). The van der Waals surface area contributed by atoms with Gasteiger partial charge in [0.15, 0.2) is 12.1 Å². The van der Waals surface area contributed by atoms with Crippen LogP contribution < -0.4 is 5.32 Å². The Morgan fingerprint density at radius 2 is 2.00 bits per heavy atom. The summed E-state index contributed by atoms with van der Waals surface area (Å²) in [5.74, 6) is 0.430. The molecule has 0 spiro atoms. The zero-order chi connectivity index (χ0) is 24.6. The van der Waals surface area contributed by atoms with Gasteiger partial charge in [0.05, 0.1) is 18.7 Å². The third-order valence-corrected chi connectivity index (χ3v) is 7.22. The van der Waals surface area contributed by atoms with Crippen LogP contribution in [-0.2, 0) is 14.3 Å². The Morgan fingerprint density at radius 1 is 1.26 bits per heavy atom. The highest BCUT2D eigenvalue weighted by atomic mass is 35.5. The molecule has 1 aliphatic heterocycles. The zero-order valence-electron chi connectivity index (χ0n) is 19.5. The molecular weight excluding hydrogens is 481 g/mol. The molecule has 34 heavy (non-hydrogen) atoms. The first-order valence-corrected chi connectivity index (χ1v) is 11.8. The Labute approximate surface area is 205 Å². The van der Waals surface area contributed by atoms with E-state index in [1.807, 2.05) is 25.3 Å². The van der Waals surface area contributed by atoms with E-state index in [4.69, 9.17) is 26.1 Å². The lowest BCUT2D eigenvalue weighted by atomic mass is 9.99. The van der Waals surface area contributed by atoms with Crippen molar-refractivity contribution in [1.29, 1.82) is 0 Å². The van der Waals surface area contributed by atoms with Gasteiger partial charge in [0.2, 0.25) is 5.91 Å². The summed E-state index contributed by atoms with van der Waals surface area (Å²) in [4.78, 5) is 18.8. The van der Waals surface area contributed by atoms with Crippen molar-refractivity contribution in [2.75, 3.05) is 20.8 Å². The Morgan fingerprint density at radius 3 is 2.68 bits per heavy atom. The minimum atomic E-state index is -0.686. The number of rotatable bonds is 7. The summed E-state index contributed by atoms with van der Waals surface area (Å²) < 4.78 is 27.3. The van der Waals surface area contributed by atoms with Gasteiger partial charge in [-0.25, -0.2) is 4.39 Å². The molecule has 1 aliphatic rings. The van der Waals surface area contributed by atoms with Crippen LogP contribution in [0.15, 0.2) is 23.2 Å². The molecule has 1 aromatic carbocycles. The number of methoxy groups -OCH3 is 2. The topological polar surface area (TPSA) is 90.6 Å². The van der Waals surface area contributed by atoms with Gasteiger partial charge in [-0.2, -0.15) is 0 Å². The number of thiophene rings is 1. The van der Waals surface area contributed by atoms with E-state index in [1.54, 1.807) is 23.5 Å². The molecule has 0 saturated heterocycles. The predicted octanol–water partition coefficient (Wildman–Crippen LogP) is 4.06. The number of aliphatic imine (C=N–C) groups is 1. The lowest BCUT2D eigenvalue weighted by Crippen LogP contribution is -2.34. The molecule has 2 aromatic heterocycles. The average Bonchev–Trinajstić information content (AvgIpc) is 3.27. The highest BCUT2D eigenvalue weighted by molar-refractivity contribution is 7.15. The number of nitrogens with zero attached hydrogens (tertiary/aromatic N) is 4. The molecule has 8 nitrogen and oxygen atoms in total. The lowest BCUT2D eigenvalue weighted by molar-refractivity contribution is -0.127. The molecule has 1 atom stereocenters. The maximum atomic E-state index is 15.1. The van der Waals surface area contributed by atoms with Gasteiger partial charge in [-0.05, 0) is 44.5 Å². The monoisotopic (exact) mass is 505 g/mol. The second kappa shape index (κ2) is 9.91. The van der Waals surface area contributed by atoms with Crippen LogP contribution in [0.25, 0.3) is 5.00 Å². The van der Waals surface area contributed by atoms with E-state index in [9.17, 15) is 4.79 Å². The highest BCUT2D eigenvalue weighted by Gasteiger charge is 2.33. The molecule has 0 unspecified atom stereocenters. The van der Waals surface area contributed by atoms with Gasteiger partial charge in [0.25, 0.3) is 0 Å². The van der Waals surface area contributed by atoms with Crippen molar-refractivity contribution < 1.29 is 18.7 Å². The SMILES string of the molecule is COC(CNC(=O)C[C@@H]1N=C(c2ccc(Cl)cc2F)c2c(sc(C)c2C)-n2c(C)nnc21)OC. The third kappa shape index (κ3) is 4.50. The van der Waals surface area contributed by atoms with Crippen LogP contribution in [0, 0.1) is 26.6 Å². The van der Waals surface area contributed by atoms with Crippen molar-refractivity contribution >= 4 is 34.6 Å². The summed E-state index contributed by atoms with van der Waals surface area (Å²) in [5, 5.41) is 12.5. The Balaban J connectivity index is 1.83. The van der Waals surface area contributed by atoms with Crippen molar-refractivity contribution in [2.24, 2.45) is 4.99 Å². The molecule has 0 radical (unpaired) electrons. The quantitative estimate of drug-likeness (QED) is 0.489. The van der Waals surface area contributed by atoms with Crippen molar-refractivity contribution in [3.8, 4) is 5.00 Å². The first-order valence-electron chi connectivity index (χ1n) is 10.6. The summed E-state index contributed by atoms with van der Waals surface area (Å²) in [6.45, 7) is 6.02. The van der Waals surface area contributed by atoms with Crippen LogP contribution >= 0.6 is 22.9 Å². The number of aromatic nitrogens is 3. The minimum absolute atomic E-state index is 0.00996. The molecule has 0 aliphatic carbocycles. The maximum Gasteiger partial charge on any atom is 0.222 e. The van der Waals surface area contributed by atoms with Crippen molar-refractivity contribution in [3.63, 3.8) is 0 Å². The summed E-state index contributed by atoms with van der Waals surface area (Å²) >= 11 is 7.57. The summed E-state index contributed by atoms with van der Waals surface area (Å²) in [5.41, 5.74) is 2.56. The lowest BCUT2D eigenvalue weighted by Gasteiger charge is -2.16. The van der Waals surface area contributed by atoms with E-state index in [0.29, 0.717) is 27.9 Å². The smallest absolute Gasteiger partial charge is 0.222 e. The number of nitrogens with one attached hydrogen (secondary N) is 1. The van der Waals surface area contributed by atoms with Crippen LogP contribution in [-0.4, -0.2) is 53.4 Å². The first kappa shape index (κ1) is 24.5. The number of halogens is 2. The minimum Gasteiger partial charge on any atom is -0.354 e. The number of hydrogen-bond donors (Lipinski definition) is 1. The van der Waals surface area contributed by atoms with Crippen LogP contribution in [0.2, 0.25) is 5.02 Å². The molecule has 3 heterocycles. The van der Waals surface area contributed by atoms with E-state index in [-0.39, 0.29) is 18.9 Å². The van der Waals surface area contributed by atoms with Crippen LogP contribution in [0.3, 0.4) is 0 Å². The van der Waals surface area contributed by atoms with E-state index in [0.717, 1.165) is 21.0 Å². The Hall–Kier alpha value is -2.66. The van der Waals surface area contributed by atoms with E-state index in [1.165, 1.54) is 20.3 Å². The van der Waals surface area contributed by atoms with E-state index in [2.05, 4.69) is 15.5 Å². The number of hydrogen-bond acceptors (Lipinski definition) is 7. The Kier molecular flexibility index (Phi) is 7.13. The molecule has 1 amide bonds. The average molecular weight is 506 g/mol. The van der Waals surface area contributed by atoms with Gasteiger partial charge < -0.3 is 14.8 Å². The van der Waals surface area contributed by atoms with Crippen molar-refractivity contribution in [1.82, 2.24) is 20.1 Å². The van der Waals surface area contributed by atoms with Crippen molar-refractivity contribution in [2.45, 2.75) is 39.5 Å². The van der Waals surface area contributed by atoms with Crippen LogP contribution in [0.1, 0.15) is 45.7 Å². The second-order valence-corrected chi connectivity index (χ2v) is 9.57. The standard InChI is InChI=1S/C23H25ClFN5O3S/c1-11-12(2)34-23-20(11)21(15-7-6-14(24)8-16(15)25)27-17(22-29-28-13(3)30(22)23)9-18(31)26-10-19(32-4)33-5/h6-8,17,19H,9-10H2,1-5H3,(H,26,31)/t17-/m0/s1. The largest absolute Gasteiger partial charge is 0.354 e. The van der Waals surface area contributed by atoms with Gasteiger partial charge in [-0.15, -0.1) is 21.5 Å². The van der Waals surface area contributed by atoms with E-state index >= 15 is 4.39 Å². The molecule has 3 aromatic rings. The number of amides is 1. The summed E-state index contributed by atoms with van der Waals surface area (Å²) in [6.07, 6.45) is -0.576. The molecular formula is C23H25ClFN5O3S. The molecule has 0 saturated carbocycles. The Bertz CT molecular complexity index is 1270. The molecule has 0 bridgehead atoms. The predicted molar refractivity (Wildman–Crippen MR) is 129 cm³/mol. The van der Waals surface area contributed by atoms with Gasteiger partial charge in [0, 0.05) is 35.2 Å². The fourth-order valence-corrected chi connectivity index (χ4v) is 5.27. The number of carbonyl (C=O) groups is 1. The number of carbonyl (C=O) groups excluding carboxylic acids is 1. The fourth-order valence-electron chi connectivity index (χ4n) is 3.90. The highest BCUT2D eigenvalue weighted by Crippen LogP contribution is 2.40. The fraction of sp³-hybridized carbons (Fsp3) is 0.391.